The molecule has 0 spiro atoms. The van der Waals surface area contributed by atoms with Crippen molar-refractivity contribution in [2.45, 2.75) is 31.0 Å². The van der Waals surface area contributed by atoms with Crippen LogP contribution in [-0.4, -0.2) is 57.5 Å². The Kier molecular flexibility index (Phi) is 5.27. The monoisotopic (exact) mass is 384 g/mol. The van der Waals surface area contributed by atoms with E-state index in [1.54, 1.807) is 19.2 Å². The summed E-state index contributed by atoms with van der Waals surface area (Å²) in [7, 11) is 1.65. The maximum absolute atomic E-state index is 11.1. The molecule has 1 saturated carbocycles. The minimum atomic E-state index is -0.669. The maximum atomic E-state index is 11.1. The Bertz CT molecular complexity index is 779. The van der Waals surface area contributed by atoms with E-state index in [0.29, 0.717) is 30.5 Å². The van der Waals surface area contributed by atoms with E-state index in [1.807, 2.05) is 24.3 Å². The van der Waals surface area contributed by atoms with Gasteiger partial charge in [0.2, 0.25) is 0 Å². The average molecular weight is 384 g/mol. The number of β-amino-alcohol motifs (C(OH)–C–C–N with tert-alkyl or cyclic N) is 1. The van der Waals surface area contributed by atoms with Gasteiger partial charge < -0.3 is 20.1 Å². The number of ether oxygens (including phenoxy) is 1. The van der Waals surface area contributed by atoms with E-state index in [1.165, 1.54) is 6.20 Å². The molecular formula is C22H28N2O4. The van der Waals surface area contributed by atoms with Crippen LogP contribution in [-0.2, 0) is 6.42 Å². The van der Waals surface area contributed by atoms with Crippen molar-refractivity contribution in [2.75, 3.05) is 26.7 Å². The van der Waals surface area contributed by atoms with Crippen molar-refractivity contribution in [1.82, 2.24) is 9.88 Å². The number of methoxy groups -OCH3 is 1. The van der Waals surface area contributed by atoms with Crippen LogP contribution in [0, 0.1) is 11.8 Å². The minimum absolute atomic E-state index is 0.0998. The van der Waals surface area contributed by atoms with E-state index in [0.717, 1.165) is 37.2 Å². The molecule has 1 aliphatic heterocycles. The van der Waals surface area contributed by atoms with Gasteiger partial charge in [-0.05, 0) is 54.5 Å². The summed E-state index contributed by atoms with van der Waals surface area (Å²) < 4.78 is 5.20. The lowest BCUT2D eigenvalue weighted by Gasteiger charge is -2.27. The Labute approximate surface area is 165 Å². The van der Waals surface area contributed by atoms with Gasteiger partial charge in [0.25, 0.3) is 0 Å². The van der Waals surface area contributed by atoms with E-state index in [4.69, 9.17) is 4.74 Å². The van der Waals surface area contributed by atoms with Crippen molar-refractivity contribution in [1.29, 1.82) is 0 Å². The van der Waals surface area contributed by atoms with Crippen molar-refractivity contribution >= 4 is 0 Å². The highest BCUT2D eigenvalue weighted by atomic mass is 16.5. The molecule has 2 aromatic rings. The summed E-state index contributed by atoms with van der Waals surface area (Å²) >= 11 is 0. The van der Waals surface area contributed by atoms with Crippen LogP contribution in [0.5, 0.6) is 11.5 Å². The zero-order valence-corrected chi connectivity index (χ0v) is 16.2. The molecule has 0 bridgehead atoms. The van der Waals surface area contributed by atoms with Crippen LogP contribution in [0.4, 0.5) is 0 Å². The third-order valence-electron chi connectivity index (χ3n) is 6.17. The number of aliphatic hydroxyl groups is 2. The number of aromatic hydroxyl groups is 1. The van der Waals surface area contributed by atoms with Gasteiger partial charge in [0.05, 0.1) is 24.6 Å². The summed E-state index contributed by atoms with van der Waals surface area (Å²) in [4.78, 5) is 6.36. The quantitative estimate of drug-likeness (QED) is 0.708. The molecule has 1 aliphatic carbocycles. The fraction of sp³-hybridized carbons (Fsp3) is 0.500. The first-order valence-corrected chi connectivity index (χ1v) is 9.85. The van der Waals surface area contributed by atoms with E-state index in [-0.39, 0.29) is 5.75 Å². The van der Waals surface area contributed by atoms with Gasteiger partial charge in [-0.15, -0.1) is 0 Å². The highest BCUT2D eigenvalue weighted by molar-refractivity contribution is 5.28. The normalized spacial score (nSPS) is 28.2. The smallest absolute Gasteiger partial charge is 0.133 e. The summed E-state index contributed by atoms with van der Waals surface area (Å²) in [5, 5.41) is 30.9. The Morgan fingerprint density at radius 3 is 2.39 bits per heavy atom. The maximum Gasteiger partial charge on any atom is 0.133 e. The molecule has 1 aromatic carbocycles. The Morgan fingerprint density at radius 2 is 1.82 bits per heavy atom. The molecule has 4 rings (SSSR count). The van der Waals surface area contributed by atoms with Crippen molar-refractivity contribution in [3.05, 3.63) is 53.9 Å². The molecule has 3 N–H and O–H groups in total. The van der Waals surface area contributed by atoms with Crippen molar-refractivity contribution < 1.29 is 20.1 Å². The van der Waals surface area contributed by atoms with Crippen molar-refractivity contribution in [3.8, 4) is 11.5 Å². The van der Waals surface area contributed by atoms with Gasteiger partial charge in [-0.1, -0.05) is 12.1 Å². The first-order chi connectivity index (χ1) is 13.4. The van der Waals surface area contributed by atoms with Gasteiger partial charge in [-0.2, -0.15) is 0 Å². The van der Waals surface area contributed by atoms with E-state index in [2.05, 4.69) is 9.88 Å². The largest absolute Gasteiger partial charge is 0.506 e. The second-order valence-corrected chi connectivity index (χ2v) is 8.35. The number of nitrogens with zero attached hydrogens (tertiary/aromatic N) is 2. The van der Waals surface area contributed by atoms with Gasteiger partial charge in [0.15, 0.2) is 0 Å². The van der Waals surface area contributed by atoms with Gasteiger partial charge in [0.1, 0.15) is 17.6 Å². The molecule has 28 heavy (non-hydrogen) atoms. The number of aliphatic hydroxyl groups excluding tert-OH is 1. The summed E-state index contributed by atoms with van der Waals surface area (Å²) in [6, 6.07) is 11.1. The van der Waals surface area contributed by atoms with Gasteiger partial charge in [0, 0.05) is 26.1 Å². The predicted molar refractivity (Wildman–Crippen MR) is 105 cm³/mol. The lowest BCUT2D eigenvalue weighted by molar-refractivity contribution is 0.0327. The first kappa shape index (κ1) is 19.2. The lowest BCUT2D eigenvalue weighted by atomic mass is 9.91. The SMILES string of the molecule is COc1ccc(C[C@@]2(O)C[C@H]3CN(CC(O)c4ccc(O)cn4)C[C@H]3C2)cc1. The van der Waals surface area contributed by atoms with Crippen LogP contribution in [0.1, 0.15) is 30.2 Å². The summed E-state index contributed by atoms with van der Waals surface area (Å²) in [6.45, 7) is 2.32. The number of hydrogen-bond donors (Lipinski definition) is 3. The molecular weight excluding hydrogens is 356 g/mol. The van der Waals surface area contributed by atoms with Gasteiger partial charge in [-0.3, -0.25) is 9.88 Å². The fourth-order valence-corrected chi connectivity index (χ4v) is 4.91. The summed E-state index contributed by atoms with van der Waals surface area (Å²) in [5.74, 6) is 1.85. The second kappa shape index (κ2) is 7.70. The minimum Gasteiger partial charge on any atom is -0.506 e. The van der Waals surface area contributed by atoms with E-state index >= 15 is 0 Å². The standard InChI is InChI=1S/C22H28N2O4/c1-28-19-5-2-15(3-6-19)8-22(27)9-16-12-24(13-17(16)10-22)14-21(26)20-7-4-18(25)11-23-20/h2-7,11,16-17,21,25-27H,8-10,12-14H2,1H3/t16-,17+,21?,22+. The van der Waals surface area contributed by atoms with Crippen molar-refractivity contribution in [3.63, 3.8) is 0 Å². The number of rotatable bonds is 6. The number of likely N-dealkylation sites (tertiary alicyclic amines) is 1. The summed E-state index contributed by atoms with van der Waals surface area (Å²) in [6.07, 6.45) is 2.96. The molecule has 150 valence electrons. The highest BCUT2D eigenvalue weighted by Gasteiger charge is 2.48. The predicted octanol–water partition coefficient (Wildman–Crippen LogP) is 2.14. The molecule has 6 nitrogen and oxygen atoms in total. The first-order valence-electron chi connectivity index (χ1n) is 9.85. The molecule has 2 fully saturated rings. The van der Waals surface area contributed by atoms with E-state index < -0.39 is 11.7 Å². The molecule has 0 radical (unpaired) electrons. The van der Waals surface area contributed by atoms with Gasteiger partial charge >= 0.3 is 0 Å². The van der Waals surface area contributed by atoms with Crippen LogP contribution in [0.2, 0.25) is 0 Å². The van der Waals surface area contributed by atoms with Crippen molar-refractivity contribution in [2.24, 2.45) is 11.8 Å². The Morgan fingerprint density at radius 1 is 1.14 bits per heavy atom. The number of hydrogen-bond acceptors (Lipinski definition) is 6. The van der Waals surface area contributed by atoms with Crippen LogP contribution < -0.4 is 4.74 Å². The number of aromatic nitrogens is 1. The van der Waals surface area contributed by atoms with E-state index in [9.17, 15) is 15.3 Å². The van der Waals surface area contributed by atoms with Crippen LogP contribution >= 0.6 is 0 Å². The summed E-state index contributed by atoms with van der Waals surface area (Å²) in [5.41, 5.74) is 1.06. The molecule has 1 saturated heterocycles. The fourth-order valence-electron chi connectivity index (χ4n) is 4.91. The zero-order chi connectivity index (χ0) is 19.7. The number of fused-ring (bicyclic) bond motifs is 1. The molecule has 1 aromatic heterocycles. The molecule has 4 atom stereocenters. The highest BCUT2D eigenvalue weighted by Crippen LogP contribution is 2.45. The molecule has 1 unspecified atom stereocenters. The number of pyridine rings is 1. The Hall–Kier alpha value is -2.15. The molecule has 0 amide bonds. The average Bonchev–Trinajstić information content (AvgIpc) is 3.16. The third-order valence-corrected chi connectivity index (χ3v) is 6.17. The van der Waals surface area contributed by atoms with Crippen LogP contribution in [0.15, 0.2) is 42.6 Å². The second-order valence-electron chi connectivity index (χ2n) is 8.35. The lowest BCUT2D eigenvalue weighted by Crippen LogP contribution is -2.33. The Balaban J connectivity index is 1.31. The molecule has 2 aliphatic rings. The third kappa shape index (κ3) is 4.14. The topological polar surface area (TPSA) is 86.1 Å². The van der Waals surface area contributed by atoms with Crippen LogP contribution in [0.25, 0.3) is 0 Å². The number of benzene rings is 1. The molecule has 6 heteroatoms. The molecule has 2 heterocycles. The van der Waals surface area contributed by atoms with Gasteiger partial charge in [-0.25, -0.2) is 0 Å². The van der Waals surface area contributed by atoms with Crippen LogP contribution in [0.3, 0.4) is 0 Å². The zero-order valence-electron chi connectivity index (χ0n) is 16.2.